The zero-order valence-corrected chi connectivity index (χ0v) is 15.5. The van der Waals surface area contributed by atoms with Gasteiger partial charge in [0.05, 0.1) is 17.5 Å². The molecule has 2 heterocycles. The van der Waals surface area contributed by atoms with Crippen LogP contribution in [0.5, 0.6) is 0 Å². The molecule has 0 spiro atoms. The van der Waals surface area contributed by atoms with Crippen molar-refractivity contribution in [3.05, 3.63) is 11.6 Å². The summed E-state index contributed by atoms with van der Waals surface area (Å²) in [5.74, 6) is 0.149. The summed E-state index contributed by atoms with van der Waals surface area (Å²) in [7, 11) is -3.12. The maximum Gasteiger partial charge on any atom is 0.410 e. The molecule has 0 aromatic rings. The molecule has 0 aromatic carbocycles. The van der Waals surface area contributed by atoms with E-state index in [1.165, 1.54) is 5.57 Å². The number of rotatable bonds is 2. The summed E-state index contributed by atoms with van der Waals surface area (Å²) in [5, 5.41) is 0. The second kappa shape index (κ2) is 6.43. The van der Waals surface area contributed by atoms with Gasteiger partial charge >= 0.3 is 6.09 Å². The third kappa shape index (κ3) is 4.70. The Bertz CT molecular complexity index is 588. The third-order valence-electron chi connectivity index (χ3n) is 4.15. The summed E-state index contributed by atoms with van der Waals surface area (Å²) in [6, 6.07) is -0.453. The molecule has 0 bridgehead atoms. The molecule has 2 aliphatic rings. The topological polar surface area (TPSA) is 66.9 Å². The first kappa shape index (κ1) is 18.3. The Morgan fingerprint density at radius 2 is 1.78 bits per heavy atom. The number of carbonyl (C=O) groups is 1. The van der Waals surface area contributed by atoms with Gasteiger partial charge in [-0.05, 0) is 34.6 Å². The van der Waals surface area contributed by atoms with Crippen LogP contribution in [-0.4, -0.2) is 73.1 Å². The average Bonchev–Trinajstić information content (AvgIpc) is 2.68. The second-order valence-corrected chi connectivity index (χ2v) is 9.82. The summed E-state index contributed by atoms with van der Waals surface area (Å²) in [6.45, 7) is 11.4. The lowest BCUT2D eigenvalue weighted by Crippen LogP contribution is -2.61. The highest BCUT2D eigenvalue weighted by molar-refractivity contribution is 7.91. The Labute approximate surface area is 139 Å². The molecule has 7 heteroatoms. The van der Waals surface area contributed by atoms with E-state index in [-0.39, 0.29) is 23.6 Å². The number of fused-ring (bicyclic) bond motifs is 1. The average molecular weight is 344 g/mol. The smallest absolute Gasteiger partial charge is 0.410 e. The molecule has 132 valence electrons. The van der Waals surface area contributed by atoms with Crippen molar-refractivity contribution < 1.29 is 17.9 Å². The van der Waals surface area contributed by atoms with Crippen molar-refractivity contribution >= 4 is 15.9 Å². The Hall–Kier alpha value is -1.08. The summed E-state index contributed by atoms with van der Waals surface area (Å²) in [6.07, 6.45) is 1.69. The van der Waals surface area contributed by atoms with Crippen LogP contribution >= 0.6 is 0 Å². The molecule has 0 radical (unpaired) electrons. The molecule has 23 heavy (non-hydrogen) atoms. The van der Waals surface area contributed by atoms with E-state index in [0.29, 0.717) is 13.1 Å². The highest BCUT2D eigenvalue weighted by Gasteiger charge is 2.48. The van der Waals surface area contributed by atoms with Crippen LogP contribution in [0.15, 0.2) is 11.6 Å². The predicted molar refractivity (Wildman–Crippen MR) is 90.2 cm³/mol. The minimum atomic E-state index is -3.12. The molecule has 2 atom stereocenters. The molecular formula is C16H28N2O4S. The van der Waals surface area contributed by atoms with Crippen LogP contribution in [0.1, 0.15) is 34.6 Å². The summed E-state index contributed by atoms with van der Waals surface area (Å²) in [4.78, 5) is 16.2. The standard InChI is InChI=1S/C16H28N2O4S/c1-12(2)6-7-17-8-9-18(15(19)22-16(3,4)5)14-11-23(20,21)10-13(14)17/h6,13-14H,7-11H2,1-5H3. The molecule has 2 fully saturated rings. The summed E-state index contributed by atoms with van der Waals surface area (Å²) < 4.78 is 29.7. The number of amides is 1. The van der Waals surface area contributed by atoms with Crippen molar-refractivity contribution in [1.29, 1.82) is 0 Å². The number of hydrogen-bond acceptors (Lipinski definition) is 5. The number of nitrogens with zero attached hydrogens (tertiary/aromatic N) is 2. The fourth-order valence-electron chi connectivity index (χ4n) is 3.10. The predicted octanol–water partition coefficient (Wildman–Crippen LogP) is 1.67. The molecule has 2 rings (SSSR count). The number of allylic oxidation sites excluding steroid dienone is 1. The van der Waals surface area contributed by atoms with E-state index in [9.17, 15) is 13.2 Å². The largest absolute Gasteiger partial charge is 0.444 e. The minimum Gasteiger partial charge on any atom is -0.444 e. The Morgan fingerprint density at radius 1 is 1.17 bits per heavy atom. The van der Waals surface area contributed by atoms with E-state index in [0.717, 1.165) is 6.54 Å². The lowest BCUT2D eigenvalue weighted by Gasteiger charge is -2.43. The normalized spacial score (nSPS) is 27.4. The molecule has 0 aliphatic carbocycles. The fraction of sp³-hybridized carbons (Fsp3) is 0.812. The molecule has 2 unspecified atom stereocenters. The molecule has 2 saturated heterocycles. The molecule has 6 nitrogen and oxygen atoms in total. The SMILES string of the molecule is CC(C)=CCN1CCN(C(=O)OC(C)(C)C)C2CS(=O)(=O)CC21. The van der Waals surface area contributed by atoms with Crippen LogP contribution in [0.25, 0.3) is 0 Å². The van der Waals surface area contributed by atoms with Crippen molar-refractivity contribution in [3.8, 4) is 0 Å². The van der Waals surface area contributed by atoms with E-state index < -0.39 is 21.5 Å². The lowest BCUT2D eigenvalue weighted by molar-refractivity contribution is -0.00687. The van der Waals surface area contributed by atoms with Gasteiger partial charge in [-0.25, -0.2) is 13.2 Å². The van der Waals surface area contributed by atoms with Crippen molar-refractivity contribution in [1.82, 2.24) is 9.80 Å². The van der Waals surface area contributed by atoms with Crippen LogP contribution in [-0.2, 0) is 14.6 Å². The van der Waals surface area contributed by atoms with E-state index in [1.807, 2.05) is 34.6 Å². The van der Waals surface area contributed by atoms with Gasteiger partial charge in [0.25, 0.3) is 0 Å². The van der Waals surface area contributed by atoms with Crippen molar-refractivity contribution in [2.45, 2.75) is 52.3 Å². The van der Waals surface area contributed by atoms with Gasteiger partial charge in [-0.2, -0.15) is 0 Å². The van der Waals surface area contributed by atoms with E-state index in [1.54, 1.807) is 4.90 Å². The highest BCUT2D eigenvalue weighted by Crippen LogP contribution is 2.28. The Kier molecular flexibility index (Phi) is 5.11. The molecule has 0 N–H and O–H groups in total. The quantitative estimate of drug-likeness (QED) is 0.713. The Morgan fingerprint density at radius 3 is 2.35 bits per heavy atom. The van der Waals surface area contributed by atoms with Gasteiger partial charge in [-0.15, -0.1) is 0 Å². The van der Waals surface area contributed by atoms with Gasteiger partial charge in [-0.1, -0.05) is 11.6 Å². The van der Waals surface area contributed by atoms with Crippen LogP contribution in [0, 0.1) is 0 Å². The first-order valence-electron chi connectivity index (χ1n) is 8.06. The van der Waals surface area contributed by atoms with E-state index >= 15 is 0 Å². The van der Waals surface area contributed by atoms with Gasteiger partial charge in [0, 0.05) is 25.7 Å². The first-order valence-corrected chi connectivity index (χ1v) is 9.88. The summed E-state index contributed by atoms with van der Waals surface area (Å²) in [5.41, 5.74) is 0.625. The van der Waals surface area contributed by atoms with Gasteiger partial charge in [0.1, 0.15) is 5.60 Å². The second-order valence-electron chi connectivity index (χ2n) is 7.66. The van der Waals surface area contributed by atoms with Gasteiger partial charge < -0.3 is 9.64 Å². The zero-order chi connectivity index (χ0) is 17.4. The van der Waals surface area contributed by atoms with Crippen LogP contribution in [0.4, 0.5) is 4.79 Å². The Balaban J connectivity index is 2.18. The number of hydrogen-bond donors (Lipinski definition) is 0. The maximum absolute atomic E-state index is 12.4. The van der Waals surface area contributed by atoms with Crippen molar-refractivity contribution in [2.24, 2.45) is 0 Å². The lowest BCUT2D eigenvalue weighted by atomic mass is 10.0. The number of carbonyl (C=O) groups excluding carboxylic acids is 1. The van der Waals surface area contributed by atoms with Crippen LogP contribution < -0.4 is 0 Å². The minimum absolute atomic E-state index is 0.0300. The molecule has 2 aliphatic heterocycles. The first-order chi connectivity index (χ1) is 10.5. The van der Waals surface area contributed by atoms with Gasteiger partial charge in [-0.3, -0.25) is 4.90 Å². The highest BCUT2D eigenvalue weighted by atomic mass is 32.2. The molecule has 0 saturated carbocycles. The van der Waals surface area contributed by atoms with Gasteiger partial charge in [0.2, 0.25) is 0 Å². The number of piperazine rings is 1. The van der Waals surface area contributed by atoms with E-state index in [4.69, 9.17) is 4.74 Å². The van der Waals surface area contributed by atoms with Crippen molar-refractivity contribution in [2.75, 3.05) is 31.1 Å². The number of sulfone groups is 1. The van der Waals surface area contributed by atoms with E-state index in [2.05, 4.69) is 11.0 Å². The fourth-order valence-corrected chi connectivity index (χ4v) is 5.11. The molecule has 1 amide bonds. The van der Waals surface area contributed by atoms with Crippen LogP contribution in [0.3, 0.4) is 0 Å². The number of ether oxygens (including phenoxy) is 1. The van der Waals surface area contributed by atoms with Gasteiger partial charge in [0.15, 0.2) is 9.84 Å². The maximum atomic E-state index is 12.4. The molecular weight excluding hydrogens is 316 g/mol. The summed E-state index contributed by atoms with van der Waals surface area (Å²) >= 11 is 0. The monoisotopic (exact) mass is 344 g/mol. The van der Waals surface area contributed by atoms with Crippen molar-refractivity contribution in [3.63, 3.8) is 0 Å². The third-order valence-corrected chi connectivity index (χ3v) is 5.85. The molecule has 0 aromatic heterocycles. The zero-order valence-electron chi connectivity index (χ0n) is 14.7. The van der Waals surface area contributed by atoms with Crippen LogP contribution in [0.2, 0.25) is 0 Å².